The smallest absolute Gasteiger partial charge is 0.245 e. The maximum atomic E-state index is 11.8. The lowest BCUT2D eigenvalue weighted by atomic mass is 9.97. The molecule has 1 heterocycles. The van der Waals surface area contributed by atoms with Crippen molar-refractivity contribution in [1.82, 2.24) is 10.2 Å². The van der Waals surface area contributed by atoms with Crippen LogP contribution in [-0.2, 0) is 9.59 Å². The summed E-state index contributed by atoms with van der Waals surface area (Å²) in [5.74, 6) is 0.813. The van der Waals surface area contributed by atoms with Gasteiger partial charge in [0.25, 0.3) is 0 Å². The van der Waals surface area contributed by atoms with Gasteiger partial charge in [0.2, 0.25) is 11.8 Å². The van der Waals surface area contributed by atoms with Gasteiger partial charge in [-0.2, -0.15) is 0 Å². The van der Waals surface area contributed by atoms with E-state index in [2.05, 4.69) is 5.32 Å². The fraction of sp³-hybridized carbons (Fsp3) is 0.833. The maximum Gasteiger partial charge on any atom is 0.245 e. The van der Waals surface area contributed by atoms with E-state index < -0.39 is 0 Å². The lowest BCUT2D eigenvalue weighted by Gasteiger charge is -2.30. The number of rotatable bonds is 3. The molecule has 0 spiro atoms. The van der Waals surface area contributed by atoms with E-state index in [9.17, 15) is 9.59 Å². The zero-order chi connectivity index (χ0) is 11.5. The van der Waals surface area contributed by atoms with E-state index in [1.165, 1.54) is 30.6 Å². The molecule has 1 saturated carbocycles. The second kappa shape index (κ2) is 4.85. The molecule has 0 radical (unpaired) electrons. The molecule has 1 N–H and O–H groups in total. The summed E-state index contributed by atoms with van der Waals surface area (Å²) in [4.78, 5) is 24.6. The van der Waals surface area contributed by atoms with E-state index in [-0.39, 0.29) is 24.4 Å². The Labute approximate surface area is 96.4 Å². The van der Waals surface area contributed by atoms with Crippen LogP contribution >= 0.6 is 0 Å². The van der Waals surface area contributed by atoms with Crippen molar-refractivity contribution in [3.63, 3.8) is 0 Å². The topological polar surface area (TPSA) is 49.4 Å². The molecule has 0 aromatic rings. The monoisotopic (exact) mass is 224 g/mol. The van der Waals surface area contributed by atoms with Gasteiger partial charge in [-0.25, -0.2) is 0 Å². The molecule has 4 heteroatoms. The Balaban J connectivity index is 1.82. The van der Waals surface area contributed by atoms with Crippen molar-refractivity contribution in [2.24, 2.45) is 5.92 Å². The number of piperazine rings is 1. The summed E-state index contributed by atoms with van der Waals surface area (Å²) in [6.45, 7) is 0.207. The molecule has 1 saturated heterocycles. The van der Waals surface area contributed by atoms with Crippen LogP contribution in [0.1, 0.15) is 38.5 Å². The van der Waals surface area contributed by atoms with Crippen LogP contribution in [0.5, 0.6) is 0 Å². The Kier molecular flexibility index (Phi) is 3.46. The molecule has 0 aromatic carbocycles. The van der Waals surface area contributed by atoms with Crippen molar-refractivity contribution in [3.8, 4) is 0 Å². The Morgan fingerprint density at radius 2 is 1.94 bits per heavy atom. The number of nitrogens with zero attached hydrogens (tertiary/aromatic N) is 1. The third-order valence-corrected chi connectivity index (χ3v) is 3.73. The average molecular weight is 224 g/mol. The van der Waals surface area contributed by atoms with Gasteiger partial charge < -0.3 is 10.2 Å². The van der Waals surface area contributed by atoms with Gasteiger partial charge in [0, 0.05) is 7.05 Å². The Bertz CT molecular complexity index is 285. The third-order valence-electron chi connectivity index (χ3n) is 3.73. The maximum absolute atomic E-state index is 11.8. The zero-order valence-electron chi connectivity index (χ0n) is 9.87. The number of carbonyl (C=O) groups excluding carboxylic acids is 2. The van der Waals surface area contributed by atoms with Gasteiger partial charge >= 0.3 is 0 Å². The fourth-order valence-corrected chi connectivity index (χ4v) is 2.76. The highest BCUT2D eigenvalue weighted by Gasteiger charge is 2.30. The van der Waals surface area contributed by atoms with Gasteiger partial charge in [0.15, 0.2) is 0 Å². The second-order valence-corrected chi connectivity index (χ2v) is 5.04. The van der Waals surface area contributed by atoms with Gasteiger partial charge in [-0.3, -0.25) is 9.59 Å². The molecular formula is C12H20N2O2. The average Bonchev–Trinajstić information content (AvgIpc) is 2.74. The van der Waals surface area contributed by atoms with Crippen molar-refractivity contribution >= 4 is 11.8 Å². The van der Waals surface area contributed by atoms with Crippen molar-refractivity contribution in [1.29, 1.82) is 0 Å². The molecule has 2 amide bonds. The lowest BCUT2D eigenvalue weighted by molar-refractivity contribution is -0.143. The van der Waals surface area contributed by atoms with Gasteiger partial charge in [-0.1, -0.05) is 25.7 Å². The Morgan fingerprint density at radius 3 is 2.62 bits per heavy atom. The normalized spacial score (nSPS) is 27.3. The number of likely N-dealkylation sites (N-methyl/N-ethyl adjacent to an activating group) is 1. The van der Waals surface area contributed by atoms with Gasteiger partial charge in [0.05, 0.1) is 6.54 Å². The lowest BCUT2D eigenvalue weighted by Crippen LogP contribution is -2.56. The highest BCUT2D eigenvalue weighted by atomic mass is 16.2. The molecule has 1 aliphatic carbocycles. The molecule has 1 atom stereocenters. The third kappa shape index (κ3) is 2.54. The minimum absolute atomic E-state index is 0.0291. The van der Waals surface area contributed by atoms with Gasteiger partial charge in [-0.05, 0) is 18.8 Å². The predicted molar refractivity (Wildman–Crippen MR) is 60.8 cm³/mol. The summed E-state index contributed by atoms with van der Waals surface area (Å²) >= 11 is 0. The van der Waals surface area contributed by atoms with Crippen LogP contribution in [0.25, 0.3) is 0 Å². The quantitative estimate of drug-likeness (QED) is 0.774. The minimum Gasteiger partial charge on any atom is -0.343 e. The van der Waals surface area contributed by atoms with E-state index in [0.717, 1.165) is 18.8 Å². The highest BCUT2D eigenvalue weighted by molar-refractivity contribution is 5.94. The van der Waals surface area contributed by atoms with Crippen LogP contribution in [0.3, 0.4) is 0 Å². The largest absolute Gasteiger partial charge is 0.343 e. The van der Waals surface area contributed by atoms with E-state index in [4.69, 9.17) is 0 Å². The molecule has 1 unspecified atom stereocenters. The fourth-order valence-electron chi connectivity index (χ4n) is 2.76. The Hall–Kier alpha value is -1.06. The van der Waals surface area contributed by atoms with Crippen LogP contribution in [0.4, 0.5) is 0 Å². The number of hydrogen-bond donors (Lipinski definition) is 1. The van der Waals surface area contributed by atoms with Crippen molar-refractivity contribution in [2.75, 3.05) is 13.6 Å². The Morgan fingerprint density at radius 1 is 1.25 bits per heavy atom. The standard InChI is InChI=1S/C12H20N2O2/c1-14-8-11(15)13-10(12(14)16)7-6-9-4-2-3-5-9/h9-10H,2-8H2,1H3,(H,13,15). The van der Waals surface area contributed by atoms with Crippen LogP contribution in [0.2, 0.25) is 0 Å². The van der Waals surface area contributed by atoms with Crippen LogP contribution in [0, 0.1) is 5.92 Å². The minimum atomic E-state index is -0.271. The molecule has 4 nitrogen and oxygen atoms in total. The van der Waals surface area contributed by atoms with E-state index in [1.807, 2.05) is 0 Å². The molecule has 2 rings (SSSR count). The summed E-state index contributed by atoms with van der Waals surface area (Å²) in [5.41, 5.74) is 0. The molecular weight excluding hydrogens is 204 g/mol. The van der Waals surface area contributed by atoms with Gasteiger partial charge in [0.1, 0.15) is 6.04 Å². The van der Waals surface area contributed by atoms with Crippen molar-refractivity contribution < 1.29 is 9.59 Å². The molecule has 90 valence electrons. The van der Waals surface area contributed by atoms with Crippen LogP contribution in [-0.4, -0.2) is 36.3 Å². The van der Waals surface area contributed by atoms with Crippen LogP contribution < -0.4 is 5.32 Å². The zero-order valence-corrected chi connectivity index (χ0v) is 9.87. The molecule has 2 fully saturated rings. The predicted octanol–water partition coefficient (Wildman–Crippen LogP) is 0.914. The summed E-state index contributed by atoms with van der Waals surface area (Å²) in [5, 5.41) is 2.79. The molecule has 0 aromatic heterocycles. The number of amides is 2. The highest BCUT2D eigenvalue weighted by Crippen LogP contribution is 2.29. The molecule has 0 bridgehead atoms. The summed E-state index contributed by atoms with van der Waals surface area (Å²) in [6.07, 6.45) is 7.13. The van der Waals surface area contributed by atoms with Crippen molar-refractivity contribution in [2.45, 2.75) is 44.6 Å². The van der Waals surface area contributed by atoms with E-state index in [0.29, 0.717) is 0 Å². The molecule has 1 aliphatic heterocycles. The number of nitrogens with one attached hydrogen (secondary N) is 1. The summed E-state index contributed by atoms with van der Waals surface area (Å²) in [6, 6.07) is -0.271. The number of hydrogen-bond acceptors (Lipinski definition) is 2. The van der Waals surface area contributed by atoms with Crippen LogP contribution in [0.15, 0.2) is 0 Å². The summed E-state index contributed by atoms with van der Waals surface area (Å²) in [7, 11) is 1.70. The first-order chi connectivity index (χ1) is 7.66. The van der Waals surface area contributed by atoms with E-state index >= 15 is 0 Å². The van der Waals surface area contributed by atoms with Crippen molar-refractivity contribution in [3.05, 3.63) is 0 Å². The first-order valence-corrected chi connectivity index (χ1v) is 6.21. The first kappa shape index (κ1) is 11.4. The first-order valence-electron chi connectivity index (χ1n) is 6.21. The molecule has 2 aliphatic rings. The van der Waals surface area contributed by atoms with E-state index in [1.54, 1.807) is 7.05 Å². The summed E-state index contributed by atoms with van der Waals surface area (Å²) < 4.78 is 0. The SMILES string of the molecule is CN1CC(=O)NC(CCC2CCCC2)C1=O. The van der Waals surface area contributed by atoms with Gasteiger partial charge in [-0.15, -0.1) is 0 Å². The second-order valence-electron chi connectivity index (χ2n) is 5.04. The number of carbonyl (C=O) groups is 2. The molecule has 16 heavy (non-hydrogen) atoms.